The Hall–Kier alpha value is -3.27. The number of hydrogen-bond donors (Lipinski definition) is 3. The molecule has 10 nitrogen and oxygen atoms in total. The van der Waals surface area contributed by atoms with Gasteiger partial charge in [-0.3, -0.25) is 14.4 Å². The van der Waals surface area contributed by atoms with E-state index in [4.69, 9.17) is 5.73 Å². The third-order valence-corrected chi connectivity index (χ3v) is 6.47. The Bertz CT molecular complexity index is 1010. The fourth-order valence-electron chi connectivity index (χ4n) is 4.30. The molecule has 0 bridgehead atoms. The number of aryl methyl sites for hydroxylation is 1. The van der Waals surface area contributed by atoms with Gasteiger partial charge in [-0.2, -0.15) is 5.10 Å². The molecule has 1 unspecified atom stereocenters. The van der Waals surface area contributed by atoms with E-state index in [-0.39, 0.29) is 36.6 Å². The number of amides is 3. The summed E-state index contributed by atoms with van der Waals surface area (Å²) in [6.07, 6.45) is 1.94. The lowest BCUT2D eigenvalue weighted by Crippen LogP contribution is -2.51. The summed E-state index contributed by atoms with van der Waals surface area (Å²) in [7, 11) is 0. The van der Waals surface area contributed by atoms with Crippen molar-refractivity contribution in [2.45, 2.75) is 65.1 Å². The van der Waals surface area contributed by atoms with Crippen LogP contribution >= 0.6 is 0 Å². The molecule has 1 aromatic heterocycles. The third kappa shape index (κ3) is 7.11. The molecule has 3 amide bonds. The van der Waals surface area contributed by atoms with Crippen LogP contribution < -0.4 is 16.4 Å². The smallest absolute Gasteiger partial charge is 0.243 e. The first-order valence-electron chi connectivity index (χ1n) is 12.3. The van der Waals surface area contributed by atoms with Gasteiger partial charge in [0.25, 0.3) is 0 Å². The molecular weight excluding hydrogens is 446 g/mol. The van der Waals surface area contributed by atoms with Crippen molar-refractivity contribution in [3.8, 4) is 0 Å². The van der Waals surface area contributed by atoms with E-state index >= 15 is 0 Å². The second-order valence-corrected chi connectivity index (χ2v) is 9.11. The fraction of sp³-hybridized carbons (Fsp3) is 0.560. The summed E-state index contributed by atoms with van der Waals surface area (Å²) in [5.41, 5.74) is 6.66. The van der Waals surface area contributed by atoms with Gasteiger partial charge in [-0.25, -0.2) is 9.67 Å². The van der Waals surface area contributed by atoms with Gasteiger partial charge in [-0.05, 0) is 31.2 Å². The van der Waals surface area contributed by atoms with Gasteiger partial charge in [0, 0.05) is 19.5 Å². The first kappa shape index (κ1) is 26.3. The first-order chi connectivity index (χ1) is 16.8. The summed E-state index contributed by atoms with van der Waals surface area (Å²) in [6.45, 7) is 6.85. The van der Waals surface area contributed by atoms with E-state index in [9.17, 15) is 14.4 Å². The third-order valence-electron chi connectivity index (χ3n) is 6.47. The second-order valence-electron chi connectivity index (χ2n) is 9.11. The summed E-state index contributed by atoms with van der Waals surface area (Å²) in [5.74, 6) is 0.520. The van der Waals surface area contributed by atoms with Crippen molar-refractivity contribution in [1.82, 2.24) is 30.3 Å². The zero-order valence-electron chi connectivity index (χ0n) is 20.9. The molecule has 0 saturated carbocycles. The maximum atomic E-state index is 13.5. The molecule has 190 valence electrons. The minimum absolute atomic E-state index is 0.0563. The Morgan fingerprint density at radius 3 is 2.60 bits per heavy atom. The minimum Gasteiger partial charge on any atom is -0.344 e. The van der Waals surface area contributed by atoms with E-state index in [0.29, 0.717) is 44.1 Å². The van der Waals surface area contributed by atoms with E-state index in [1.54, 1.807) is 16.5 Å². The molecular formula is C25H37N7O3. The number of nitrogens with one attached hydrogen (secondary N) is 2. The van der Waals surface area contributed by atoms with E-state index < -0.39 is 12.1 Å². The number of fused-ring (bicyclic) bond motifs is 1. The molecule has 1 aliphatic heterocycles. The van der Waals surface area contributed by atoms with E-state index in [1.165, 1.54) is 0 Å². The number of carbonyl (C=O) groups is 3. The summed E-state index contributed by atoms with van der Waals surface area (Å²) in [4.78, 5) is 44.9. The van der Waals surface area contributed by atoms with Gasteiger partial charge >= 0.3 is 0 Å². The fourth-order valence-corrected chi connectivity index (χ4v) is 4.30. The van der Waals surface area contributed by atoms with Crippen LogP contribution in [0.2, 0.25) is 0 Å². The van der Waals surface area contributed by atoms with Crippen LogP contribution in [0.3, 0.4) is 0 Å². The molecule has 2 aromatic rings. The average molecular weight is 484 g/mol. The highest BCUT2D eigenvalue weighted by Gasteiger charge is 2.30. The second kappa shape index (κ2) is 12.4. The van der Waals surface area contributed by atoms with Crippen molar-refractivity contribution < 1.29 is 14.4 Å². The lowest BCUT2D eigenvalue weighted by Gasteiger charge is -2.28. The Kier molecular flexibility index (Phi) is 9.36. The molecule has 0 aliphatic carbocycles. The Morgan fingerprint density at radius 1 is 1.17 bits per heavy atom. The summed E-state index contributed by atoms with van der Waals surface area (Å²) in [6, 6.07) is 8.72. The van der Waals surface area contributed by atoms with Crippen molar-refractivity contribution >= 4 is 17.7 Å². The van der Waals surface area contributed by atoms with Gasteiger partial charge < -0.3 is 21.3 Å². The summed E-state index contributed by atoms with van der Waals surface area (Å²) >= 11 is 0. The number of nitrogens with two attached hydrogens (primary N) is 1. The molecule has 1 aromatic carbocycles. The van der Waals surface area contributed by atoms with E-state index in [0.717, 1.165) is 12.0 Å². The normalized spacial score (nSPS) is 20.9. The number of nitrogens with zero attached hydrogens (tertiary/aromatic N) is 4. The van der Waals surface area contributed by atoms with Gasteiger partial charge in [0.05, 0.1) is 19.1 Å². The molecule has 2 heterocycles. The van der Waals surface area contributed by atoms with Crippen LogP contribution in [0.5, 0.6) is 0 Å². The van der Waals surface area contributed by atoms with Gasteiger partial charge in [-0.1, -0.05) is 50.6 Å². The molecule has 0 radical (unpaired) electrons. The van der Waals surface area contributed by atoms with Crippen LogP contribution in [0.4, 0.5) is 0 Å². The molecule has 1 aliphatic rings. The Morgan fingerprint density at radius 2 is 1.91 bits per heavy atom. The van der Waals surface area contributed by atoms with Crippen LogP contribution in [0, 0.1) is 12.8 Å². The average Bonchev–Trinajstić information content (AvgIpc) is 3.23. The van der Waals surface area contributed by atoms with Crippen molar-refractivity contribution in [3.05, 3.63) is 47.5 Å². The molecule has 35 heavy (non-hydrogen) atoms. The van der Waals surface area contributed by atoms with Crippen LogP contribution in [0.25, 0.3) is 0 Å². The summed E-state index contributed by atoms with van der Waals surface area (Å²) < 4.78 is 1.77. The topological polar surface area (TPSA) is 135 Å². The SMILES string of the molecule is CC[C@H](C)[C@@H]1NC(=O)CCCN(C(=O)CN)CCn2nc(C)nc2C(Cc2ccccc2)NC1=O. The number of benzene rings is 1. The van der Waals surface area contributed by atoms with E-state index in [1.807, 2.05) is 44.2 Å². The lowest BCUT2D eigenvalue weighted by molar-refractivity contribution is -0.131. The van der Waals surface area contributed by atoms with E-state index in [2.05, 4.69) is 20.7 Å². The monoisotopic (exact) mass is 483 g/mol. The number of aromatic nitrogens is 3. The maximum absolute atomic E-state index is 13.5. The number of hydrogen-bond acceptors (Lipinski definition) is 6. The largest absolute Gasteiger partial charge is 0.344 e. The zero-order chi connectivity index (χ0) is 25.4. The highest BCUT2D eigenvalue weighted by atomic mass is 16.2. The maximum Gasteiger partial charge on any atom is 0.243 e. The van der Waals surface area contributed by atoms with Crippen molar-refractivity contribution in [2.75, 3.05) is 19.6 Å². The highest BCUT2D eigenvalue weighted by molar-refractivity contribution is 5.88. The molecule has 0 spiro atoms. The number of rotatable bonds is 5. The molecule has 0 fully saturated rings. The lowest BCUT2D eigenvalue weighted by atomic mass is 9.97. The predicted molar refractivity (Wildman–Crippen MR) is 132 cm³/mol. The van der Waals surface area contributed by atoms with Crippen LogP contribution in [0.15, 0.2) is 30.3 Å². The molecule has 3 atom stereocenters. The van der Waals surface area contributed by atoms with Crippen LogP contribution in [-0.2, 0) is 27.3 Å². The highest BCUT2D eigenvalue weighted by Crippen LogP contribution is 2.20. The van der Waals surface area contributed by atoms with Gasteiger partial charge in [0.1, 0.15) is 17.7 Å². The molecule has 4 N–H and O–H groups in total. The van der Waals surface area contributed by atoms with Crippen molar-refractivity contribution in [1.29, 1.82) is 0 Å². The van der Waals surface area contributed by atoms with Gasteiger partial charge in [-0.15, -0.1) is 0 Å². The van der Waals surface area contributed by atoms with Gasteiger partial charge in [0.2, 0.25) is 17.7 Å². The van der Waals surface area contributed by atoms with Crippen molar-refractivity contribution in [2.24, 2.45) is 11.7 Å². The quantitative estimate of drug-likeness (QED) is 0.583. The standard InChI is InChI=1S/C25H37N7O3/c1-4-17(2)23-25(35)28-20(15-19-9-6-5-7-10-19)24-27-18(3)30-32(24)14-13-31(22(34)16-26)12-8-11-21(33)29-23/h5-7,9-10,17,20,23H,4,8,11-16,26H2,1-3H3,(H,28,35)(H,29,33)/t17-,20?,23-/m0/s1. The Balaban J connectivity index is 2.00. The zero-order valence-corrected chi connectivity index (χ0v) is 20.9. The number of carbonyl (C=O) groups excluding carboxylic acids is 3. The summed E-state index contributed by atoms with van der Waals surface area (Å²) in [5, 5.41) is 10.6. The molecule has 3 rings (SSSR count). The van der Waals surface area contributed by atoms with Crippen LogP contribution in [0.1, 0.15) is 56.4 Å². The molecule has 10 heteroatoms. The predicted octanol–water partition coefficient (Wildman–Crippen LogP) is 1.10. The van der Waals surface area contributed by atoms with Crippen molar-refractivity contribution in [3.63, 3.8) is 0 Å². The molecule has 0 saturated heterocycles. The first-order valence-corrected chi connectivity index (χ1v) is 12.3. The van der Waals surface area contributed by atoms with Crippen LogP contribution in [-0.4, -0.2) is 63.1 Å². The Labute approximate surface area is 206 Å². The van der Waals surface area contributed by atoms with Gasteiger partial charge in [0.15, 0.2) is 0 Å². The minimum atomic E-state index is -0.673.